The van der Waals surface area contributed by atoms with Crippen LogP contribution in [0.4, 0.5) is 5.69 Å². The van der Waals surface area contributed by atoms with Gasteiger partial charge in [0.2, 0.25) is 0 Å². The molecule has 1 aliphatic heterocycles. The molecule has 32 heavy (non-hydrogen) atoms. The number of amides is 1. The Kier molecular flexibility index (Phi) is 10.1. The van der Waals surface area contributed by atoms with Gasteiger partial charge in [0.05, 0.1) is 5.69 Å². The van der Waals surface area contributed by atoms with E-state index >= 15 is 0 Å². The lowest BCUT2D eigenvalue weighted by Crippen LogP contribution is -2.52. The summed E-state index contributed by atoms with van der Waals surface area (Å²) in [5, 5.41) is 16.5. The van der Waals surface area contributed by atoms with Gasteiger partial charge in [-0.1, -0.05) is 31.2 Å². The lowest BCUT2D eigenvalue weighted by Gasteiger charge is -2.37. The molecule has 7 nitrogen and oxygen atoms in total. The number of aromatic hydroxyl groups is 1. The number of phenols is 1. The number of guanidine groups is 1. The van der Waals surface area contributed by atoms with Crippen LogP contribution >= 0.6 is 24.0 Å². The molecule has 0 radical (unpaired) electrons. The van der Waals surface area contributed by atoms with E-state index < -0.39 is 0 Å². The van der Waals surface area contributed by atoms with Crippen LogP contribution in [0.2, 0.25) is 0 Å². The normalized spacial score (nSPS) is 15.0. The molecular weight excluding hydrogens is 517 g/mol. The number of nitrogens with zero attached hydrogens (tertiary/aromatic N) is 3. The van der Waals surface area contributed by atoms with Gasteiger partial charge in [0.15, 0.2) is 5.96 Å². The fourth-order valence-corrected chi connectivity index (χ4v) is 3.59. The van der Waals surface area contributed by atoms with Gasteiger partial charge in [0.1, 0.15) is 5.75 Å². The monoisotopic (exact) mass is 551 g/mol. The zero-order valence-corrected chi connectivity index (χ0v) is 21.4. The number of anilines is 1. The summed E-state index contributed by atoms with van der Waals surface area (Å²) in [6.07, 6.45) is 0.910. The summed E-state index contributed by atoms with van der Waals surface area (Å²) < 4.78 is 0. The van der Waals surface area contributed by atoms with E-state index in [0.29, 0.717) is 17.9 Å². The second-order valence-corrected chi connectivity index (χ2v) is 7.84. The summed E-state index contributed by atoms with van der Waals surface area (Å²) in [5.74, 6) is 1.14. The predicted molar refractivity (Wildman–Crippen MR) is 141 cm³/mol. The first-order valence-corrected chi connectivity index (χ1v) is 10.9. The van der Waals surface area contributed by atoms with E-state index in [1.807, 2.05) is 49.4 Å². The summed E-state index contributed by atoms with van der Waals surface area (Å²) in [5.41, 5.74) is 2.64. The number of hydrogen-bond acceptors (Lipinski definition) is 4. The van der Waals surface area contributed by atoms with Gasteiger partial charge in [-0.15, -0.1) is 24.0 Å². The van der Waals surface area contributed by atoms with Gasteiger partial charge in [-0.2, -0.15) is 0 Å². The van der Waals surface area contributed by atoms with Crippen molar-refractivity contribution in [1.29, 1.82) is 0 Å². The summed E-state index contributed by atoms with van der Waals surface area (Å²) in [6, 6.07) is 15.3. The summed E-state index contributed by atoms with van der Waals surface area (Å²) in [7, 11) is 1.79. The van der Waals surface area contributed by atoms with Gasteiger partial charge in [0, 0.05) is 51.4 Å². The quantitative estimate of drug-likeness (QED) is 0.291. The van der Waals surface area contributed by atoms with Gasteiger partial charge >= 0.3 is 0 Å². The summed E-state index contributed by atoms with van der Waals surface area (Å²) >= 11 is 0. The van der Waals surface area contributed by atoms with E-state index in [-0.39, 0.29) is 35.9 Å². The number of para-hydroxylation sites is 2. The van der Waals surface area contributed by atoms with Crippen LogP contribution in [-0.4, -0.2) is 61.1 Å². The topological polar surface area (TPSA) is 80.2 Å². The Morgan fingerprint density at radius 1 is 1.09 bits per heavy atom. The average Bonchev–Trinajstić information content (AvgIpc) is 2.80. The molecule has 1 fully saturated rings. The molecule has 0 bridgehead atoms. The molecule has 0 aliphatic carbocycles. The van der Waals surface area contributed by atoms with Gasteiger partial charge in [-0.25, -0.2) is 0 Å². The zero-order chi connectivity index (χ0) is 22.2. The Balaban J connectivity index is 0.00000363. The van der Waals surface area contributed by atoms with Crippen molar-refractivity contribution in [2.24, 2.45) is 4.99 Å². The largest absolute Gasteiger partial charge is 0.506 e. The minimum atomic E-state index is -0.0352. The van der Waals surface area contributed by atoms with Crippen molar-refractivity contribution in [2.75, 3.05) is 38.1 Å². The molecular formula is C24H34IN5O2. The minimum Gasteiger partial charge on any atom is -0.506 e. The van der Waals surface area contributed by atoms with Crippen LogP contribution in [0.1, 0.15) is 36.2 Å². The van der Waals surface area contributed by atoms with Gasteiger partial charge in [0.25, 0.3) is 5.91 Å². The first kappa shape index (κ1) is 25.8. The van der Waals surface area contributed by atoms with Crippen LogP contribution in [-0.2, 0) is 6.54 Å². The van der Waals surface area contributed by atoms with E-state index in [0.717, 1.165) is 49.8 Å². The highest BCUT2D eigenvalue weighted by Gasteiger charge is 2.21. The summed E-state index contributed by atoms with van der Waals surface area (Å²) in [6.45, 7) is 7.98. The number of nitrogens with one attached hydrogen (secondary N) is 2. The summed E-state index contributed by atoms with van der Waals surface area (Å²) in [4.78, 5) is 21.1. The molecule has 0 saturated carbocycles. The third-order valence-electron chi connectivity index (χ3n) is 5.67. The minimum absolute atomic E-state index is 0. The first-order chi connectivity index (χ1) is 15.0. The van der Waals surface area contributed by atoms with Crippen LogP contribution in [0.5, 0.6) is 5.75 Å². The molecule has 2 aromatic rings. The van der Waals surface area contributed by atoms with Crippen molar-refractivity contribution in [3.63, 3.8) is 0 Å². The third-order valence-corrected chi connectivity index (χ3v) is 5.67. The van der Waals surface area contributed by atoms with Gasteiger partial charge in [-0.3, -0.25) is 9.79 Å². The number of rotatable bonds is 6. The smallest absolute Gasteiger partial charge is 0.251 e. The van der Waals surface area contributed by atoms with Crippen molar-refractivity contribution in [3.8, 4) is 5.75 Å². The molecule has 174 valence electrons. The number of phenolic OH excluding ortho intramolecular Hbond substituents is 1. The highest BCUT2D eigenvalue weighted by atomic mass is 127. The Morgan fingerprint density at radius 3 is 2.34 bits per heavy atom. The molecule has 1 atom stereocenters. The number of carbonyl (C=O) groups excluding carboxylic acids is 1. The van der Waals surface area contributed by atoms with Gasteiger partial charge < -0.3 is 25.5 Å². The first-order valence-electron chi connectivity index (χ1n) is 10.9. The highest BCUT2D eigenvalue weighted by Crippen LogP contribution is 2.27. The number of halogens is 1. The SMILES string of the molecule is CCC(C)NC(=O)c1ccc(CNC(=NC)N2CCN(c3ccccc3O)CC2)cc1.I. The van der Waals surface area contributed by atoms with E-state index in [2.05, 4.69) is 32.3 Å². The number of piperazine rings is 1. The second-order valence-electron chi connectivity index (χ2n) is 7.84. The maximum Gasteiger partial charge on any atom is 0.251 e. The molecule has 1 aliphatic rings. The van der Waals surface area contributed by atoms with Crippen LogP contribution in [0.15, 0.2) is 53.5 Å². The number of hydrogen-bond donors (Lipinski definition) is 3. The molecule has 8 heteroatoms. The van der Waals surface area contributed by atoms with E-state index in [9.17, 15) is 9.90 Å². The number of benzene rings is 2. The van der Waals surface area contributed by atoms with Crippen molar-refractivity contribution < 1.29 is 9.90 Å². The van der Waals surface area contributed by atoms with Crippen molar-refractivity contribution in [3.05, 3.63) is 59.7 Å². The Bertz CT molecular complexity index is 896. The number of aliphatic imine (C=N–C) groups is 1. The molecule has 2 aromatic carbocycles. The van der Waals surface area contributed by atoms with Crippen LogP contribution in [0, 0.1) is 0 Å². The van der Waals surface area contributed by atoms with Crippen molar-refractivity contribution >= 4 is 41.5 Å². The third kappa shape index (κ3) is 6.75. The standard InChI is InChI=1S/C24H33N5O2.HI/c1-4-18(2)27-23(31)20-11-9-19(10-12-20)17-26-24(25-3)29-15-13-28(14-16-29)21-7-5-6-8-22(21)30;/h5-12,18,30H,4,13-17H2,1-3H3,(H,25,26)(H,27,31);1H. The molecule has 1 heterocycles. The highest BCUT2D eigenvalue weighted by molar-refractivity contribution is 14.0. The van der Waals surface area contributed by atoms with E-state index in [1.165, 1.54) is 0 Å². The maximum atomic E-state index is 12.2. The fraction of sp³-hybridized carbons (Fsp3) is 0.417. The van der Waals surface area contributed by atoms with E-state index in [4.69, 9.17) is 0 Å². The van der Waals surface area contributed by atoms with Crippen LogP contribution in [0.3, 0.4) is 0 Å². The zero-order valence-electron chi connectivity index (χ0n) is 19.0. The molecule has 1 amide bonds. The molecule has 0 spiro atoms. The molecule has 1 unspecified atom stereocenters. The van der Waals surface area contributed by atoms with Gasteiger partial charge in [-0.05, 0) is 43.2 Å². The molecule has 3 rings (SSSR count). The number of carbonyl (C=O) groups is 1. The fourth-order valence-electron chi connectivity index (χ4n) is 3.59. The Morgan fingerprint density at radius 2 is 1.75 bits per heavy atom. The molecule has 3 N–H and O–H groups in total. The Hall–Kier alpha value is -2.49. The Labute approximate surface area is 207 Å². The lowest BCUT2D eigenvalue weighted by atomic mass is 10.1. The molecule has 1 saturated heterocycles. The van der Waals surface area contributed by atoms with Crippen molar-refractivity contribution in [2.45, 2.75) is 32.9 Å². The van der Waals surface area contributed by atoms with Crippen LogP contribution in [0.25, 0.3) is 0 Å². The van der Waals surface area contributed by atoms with E-state index in [1.54, 1.807) is 13.1 Å². The average molecular weight is 551 g/mol. The second kappa shape index (κ2) is 12.5. The van der Waals surface area contributed by atoms with Crippen molar-refractivity contribution in [1.82, 2.24) is 15.5 Å². The predicted octanol–water partition coefficient (Wildman–Crippen LogP) is 3.44. The maximum absolute atomic E-state index is 12.2. The molecule has 0 aromatic heterocycles. The lowest BCUT2D eigenvalue weighted by molar-refractivity contribution is 0.0939. The van der Waals surface area contributed by atoms with Crippen LogP contribution < -0.4 is 15.5 Å².